The van der Waals surface area contributed by atoms with Crippen molar-refractivity contribution in [1.82, 2.24) is 4.98 Å². The van der Waals surface area contributed by atoms with Crippen LogP contribution in [-0.2, 0) is 28.7 Å². The summed E-state index contributed by atoms with van der Waals surface area (Å²) in [5, 5.41) is 0. The number of hydrogen-bond donors (Lipinski definition) is 1. The Bertz CT molecular complexity index is 517. The van der Waals surface area contributed by atoms with Gasteiger partial charge in [0.2, 0.25) is 0 Å². The number of carbonyl (C=O) groups is 1. The monoisotopic (exact) mass is 312 g/mol. The van der Waals surface area contributed by atoms with E-state index in [1.807, 2.05) is 0 Å². The molecule has 0 aliphatic rings. The van der Waals surface area contributed by atoms with Crippen LogP contribution in [0, 0.1) is 0 Å². The summed E-state index contributed by atoms with van der Waals surface area (Å²) in [6.45, 7) is 0.834. The van der Waals surface area contributed by atoms with Crippen molar-refractivity contribution in [3.63, 3.8) is 0 Å². The Balaban J connectivity index is 3.43. The number of nitrogens with two attached hydrogens (primary N) is 1. The average Bonchev–Trinajstić information content (AvgIpc) is 2.36. The van der Waals surface area contributed by atoms with Gasteiger partial charge >= 0.3 is 12.1 Å². The van der Waals surface area contributed by atoms with Gasteiger partial charge in [-0.15, -0.1) is 0 Å². The number of rotatable bonds is 5. The molecule has 1 aromatic rings. The van der Waals surface area contributed by atoms with Crippen LogP contribution in [-0.4, -0.2) is 17.6 Å². The van der Waals surface area contributed by atoms with Gasteiger partial charge in [-0.05, 0) is 12.5 Å². The van der Waals surface area contributed by atoms with E-state index in [4.69, 9.17) is 5.73 Å². The van der Waals surface area contributed by atoms with E-state index in [-0.39, 0.29) is 6.61 Å². The number of halogens is 5. The van der Waals surface area contributed by atoms with Crippen molar-refractivity contribution in [2.75, 3.05) is 6.61 Å². The summed E-state index contributed by atoms with van der Waals surface area (Å²) in [4.78, 5) is 14.7. The normalized spacial score (nSPS) is 11.8. The van der Waals surface area contributed by atoms with Crippen LogP contribution in [0.1, 0.15) is 35.7 Å². The van der Waals surface area contributed by atoms with Gasteiger partial charge in [0.05, 0.1) is 24.3 Å². The van der Waals surface area contributed by atoms with Gasteiger partial charge in [0, 0.05) is 18.3 Å². The number of nitrogens with zero attached hydrogens (tertiary/aromatic N) is 1. The van der Waals surface area contributed by atoms with E-state index in [1.165, 1.54) is 6.92 Å². The maximum atomic E-state index is 13.1. The average molecular weight is 312 g/mol. The molecule has 2 N–H and O–H groups in total. The fourth-order valence-corrected chi connectivity index (χ4v) is 1.83. The Morgan fingerprint density at radius 3 is 2.48 bits per heavy atom. The summed E-state index contributed by atoms with van der Waals surface area (Å²) in [6.07, 6.45) is -8.37. The summed E-state index contributed by atoms with van der Waals surface area (Å²) in [5.41, 5.74) is 1.05. The molecule has 0 atom stereocenters. The van der Waals surface area contributed by atoms with Crippen LogP contribution in [0.4, 0.5) is 22.0 Å². The summed E-state index contributed by atoms with van der Waals surface area (Å²) in [7, 11) is 0. The molecular formula is C12H13F5N2O2. The fourth-order valence-electron chi connectivity index (χ4n) is 1.83. The highest BCUT2D eigenvalue weighted by Crippen LogP contribution is 2.39. The van der Waals surface area contributed by atoms with Gasteiger partial charge in [-0.25, -0.2) is 8.78 Å². The summed E-state index contributed by atoms with van der Waals surface area (Å²) in [5.74, 6) is -0.908. The number of ether oxygens (including phenoxy) is 1. The van der Waals surface area contributed by atoms with Gasteiger partial charge < -0.3 is 10.5 Å². The predicted molar refractivity (Wildman–Crippen MR) is 62.4 cm³/mol. The molecule has 118 valence electrons. The second kappa shape index (κ2) is 6.79. The molecule has 1 rings (SSSR count). The third kappa shape index (κ3) is 4.10. The van der Waals surface area contributed by atoms with Crippen LogP contribution in [0.15, 0.2) is 6.20 Å². The maximum Gasteiger partial charge on any atom is 0.418 e. The van der Waals surface area contributed by atoms with E-state index in [1.54, 1.807) is 0 Å². The highest BCUT2D eigenvalue weighted by atomic mass is 19.4. The van der Waals surface area contributed by atoms with Crippen molar-refractivity contribution in [2.24, 2.45) is 5.73 Å². The predicted octanol–water partition coefficient (Wildman–Crippen LogP) is 2.60. The highest BCUT2D eigenvalue weighted by Gasteiger charge is 2.40. The Morgan fingerprint density at radius 1 is 1.43 bits per heavy atom. The molecule has 0 saturated carbocycles. The van der Waals surface area contributed by atoms with Crippen molar-refractivity contribution in [3.05, 3.63) is 28.6 Å². The molecular weight excluding hydrogens is 299 g/mol. The largest absolute Gasteiger partial charge is 0.466 e. The standard InChI is InChI=1S/C12H13F5N2O2/c1-2-21-8(20)3-6-5-19-7(4-18)10(12(15,16)17)9(6)11(13)14/h5,11H,2-4,18H2,1H3. The van der Waals surface area contributed by atoms with Crippen LogP contribution in [0.2, 0.25) is 0 Å². The molecule has 0 aliphatic carbocycles. The number of esters is 1. The molecule has 21 heavy (non-hydrogen) atoms. The van der Waals surface area contributed by atoms with Crippen LogP contribution < -0.4 is 5.73 Å². The molecule has 0 bridgehead atoms. The first-order valence-electron chi connectivity index (χ1n) is 5.94. The first-order chi connectivity index (χ1) is 9.72. The smallest absolute Gasteiger partial charge is 0.418 e. The van der Waals surface area contributed by atoms with E-state index in [0.717, 1.165) is 6.20 Å². The number of hydrogen-bond acceptors (Lipinski definition) is 4. The molecule has 0 aromatic carbocycles. The van der Waals surface area contributed by atoms with Crippen molar-refractivity contribution >= 4 is 5.97 Å². The third-order valence-electron chi connectivity index (χ3n) is 2.62. The van der Waals surface area contributed by atoms with Gasteiger partial charge in [0.15, 0.2) is 0 Å². The van der Waals surface area contributed by atoms with E-state index in [2.05, 4.69) is 9.72 Å². The quantitative estimate of drug-likeness (QED) is 0.670. The molecule has 0 fully saturated rings. The van der Waals surface area contributed by atoms with E-state index in [0.29, 0.717) is 0 Å². The van der Waals surface area contributed by atoms with E-state index >= 15 is 0 Å². The topological polar surface area (TPSA) is 65.2 Å². The molecule has 0 saturated heterocycles. The maximum absolute atomic E-state index is 13.1. The zero-order chi connectivity index (χ0) is 16.2. The Morgan fingerprint density at radius 2 is 2.05 bits per heavy atom. The number of alkyl halides is 5. The van der Waals surface area contributed by atoms with Gasteiger partial charge in [0.25, 0.3) is 6.43 Å². The second-order valence-corrected chi connectivity index (χ2v) is 4.00. The van der Waals surface area contributed by atoms with Gasteiger partial charge in [-0.2, -0.15) is 13.2 Å². The summed E-state index contributed by atoms with van der Waals surface area (Å²) in [6, 6.07) is 0. The van der Waals surface area contributed by atoms with Crippen molar-refractivity contribution in [2.45, 2.75) is 32.5 Å². The SMILES string of the molecule is CCOC(=O)Cc1cnc(CN)c(C(F)(F)F)c1C(F)F. The number of carbonyl (C=O) groups excluding carboxylic acids is 1. The Hall–Kier alpha value is -1.77. The zero-order valence-corrected chi connectivity index (χ0v) is 11.0. The van der Waals surface area contributed by atoms with E-state index < -0.39 is 53.9 Å². The molecule has 0 radical (unpaired) electrons. The van der Waals surface area contributed by atoms with Crippen molar-refractivity contribution < 1.29 is 31.5 Å². The van der Waals surface area contributed by atoms with Crippen LogP contribution in [0.25, 0.3) is 0 Å². The summed E-state index contributed by atoms with van der Waals surface area (Å²) >= 11 is 0. The lowest BCUT2D eigenvalue weighted by Gasteiger charge is -2.18. The van der Waals surface area contributed by atoms with Gasteiger partial charge in [-0.1, -0.05) is 0 Å². The van der Waals surface area contributed by atoms with Crippen LogP contribution in [0.5, 0.6) is 0 Å². The fraction of sp³-hybridized carbons (Fsp3) is 0.500. The second-order valence-electron chi connectivity index (χ2n) is 4.00. The molecule has 1 aromatic heterocycles. The Kier molecular flexibility index (Phi) is 5.59. The molecule has 9 heteroatoms. The number of pyridine rings is 1. The van der Waals surface area contributed by atoms with Crippen LogP contribution in [0.3, 0.4) is 0 Å². The first kappa shape index (κ1) is 17.3. The molecule has 1 heterocycles. The molecule has 4 nitrogen and oxygen atoms in total. The lowest BCUT2D eigenvalue weighted by molar-refractivity contribution is -0.143. The van der Waals surface area contributed by atoms with Crippen molar-refractivity contribution in [1.29, 1.82) is 0 Å². The number of aromatic nitrogens is 1. The Labute approximate surface area is 117 Å². The lowest BCUT2D eigenvalue weighted by atomic mass is 9.98. The van der Waals surface area contributed by atoms with Crippen molar-refractivity contribution in [3.8, 4) is 0 Å². The minimum atomic E-state index is -5.04. The van der Waals surface area contributed by atoms with E-state index in [9.17, 15) is 26.7 Å². The third-order valence-corrected chi connectivity index (χ3v) is 2.62. The van der Waals surface area contributed by atoms with Gasteiger partial charge in [0.1, 0.15) is 0 Å². The molecule has 0 amide bonds. The molecule has 0 aliphatic heterocycles. The molecule has 0 unspecified atom stereocenters. The minimum absolute atomic E-state index is 0.0106. The minimum Gasteiger partial charge on any atom is -0.466 e. The summed E-state index contributed by atoms with van der Waals surface area (Å²) < 4.78 is 69.6. The zero-order valence-electron chi connectivity index (χ0n) is 11.0. The van der Waals surface area contributed by atoms with Gasteiger partial charge in [-0.3, -0.25) is 9.78 Å². The lowest BCUT2D eigenvalue weighted by Crippen LogP contribution is -2.20. The first-order valence-corrected chi connectivity index (χ1v) is 5.94. The van der Waals surface area contributed by atoms with Crippen LogP contribution >= 0.6 is 0 Å². The highest BCUT2D eigenvalue weighted by molar-refractivity contribution is 5.73. The molecule has 0 spiro atoms.